The molecule has 0 aliphatic heterocycles. The van der Waals surface area contributed by atoms with Crippen LogP contribution in [0.1, 0.15) is 32.8 Å². The Kier molecular flexibility index (Phi) is 5.33. The SMILES string of the molecule is CCc1ccccc1OCC(O)C(C)CC. The van der Waals surface area contributed by atoms with Crippen LogP contribution in [0.15, 0.2) is 24.3 Å². The van der Waals surface area contributed by atoms with Crippen molar-refractivity contribution in [1.82, 2.24) is 0 Å². The fraction of sp³-hybridized carbons (Fsp3) is 0.571. The van der Waals surface area contributed by atoms with E-state index >= 15 is 0 Å². The van der Waals surface area contributed by atoms with Gasteiger partial charge in [0.25, 0.3) is 0 Å². The van der Waals surface area contributed by atoms with Gasteiger partial charge in [-0.05, 0) is 24.0 Å². The molecule has 0 aromatic heterocycles. The zero-order valence-electron chi connectivity index (χ0n) is 10.4. The minimum Gasteiger partial charge on any atom is -0.491 e. The third-order valence-corrected chi connectivity index (χ3v) is 3.06. The first-order chi connectivity index (χ1) is 7.69. The summed E-state index contributed by atoms with van der Waals surface area (Å²) in [5.74, 6) is 1.18. The zero-order chi connectivity index (χ0) is 12.0. The number of para-hydroxylation sites is 1. The van der Waals surface area contributed by atoms with Crippen LogP contribution >= 0.6 is 0 Å². The normalized spacial score (nSPS) is 14.5. The Morgan fingerprint density at radius 3 is 2.56 bits per heavy atom. The molecule has 0 amide bonds. The van der Waals surface area contributed by atoms with E-state index in [4.69, 9.17) is 4.74 Å². The van der Waals surface area contributed by atoms with Crippen molar-refractivity contribution in [3.8, 4) is 5.75 Å². The molecular weight excluding hydrogens is 200 g/mol. The Balaban J connectivity index is 2.54. The second-order valence-electron chi connectivity index (χ2n) is 4.23. The average molecular weight is 222 g/mol. The third kappa shape index (κ3) is 3.53. The summed E-state index contributed by atoms with van der Waals surface area (Å²) in [5.41, 5.74) is 1.19. The van der Waals surface area contributed by atoms with Crippen LogP contribution in [-0.4, -0.2) is 17.8 Å². The van der Waals surface area contributed by atoms with Gasteiger partial charge >= 0.3 is 0 Å². The summed E-state index contributed by atoms with van der Waals surface area (Å²) in [7, 11) is 0. The van der Waals surface area contributed by atoms with Crippen LogP contribution in [0.4, 0.5) is 0 Å². The quantitative estimate of drug-likeness (QED) is 0.801. The fourth-order valence-corrected chi connectivity index (χ4v) is 1.55. The molecule has 2 nitrogen and oxygen atoms in total. The van der Waals surface area contributed by atoms with Crippen LogP contribution in [0.3, 0.4) is 0 Å². The summed E-state index contributed by atoms with van der Waals surface area (Å²) in [6, 6.07) is 7.99. The van der Waals surface area contributed by atoms with Crippen molar-refractivity contribution < 1.29 is 9.84 Å². The molecule has 0 saturated carbocycles. The minimum absolute atomic E-state index is 0.286. The maximum atomic E-state index is 9.82. The number of aliphatic hydroxyl groups excluding tert-OH is 1. The van der Waals surface area contributed by atoms with Crippen LogP contribution < -0.4 is 4.74 Å². The molecule has 0 aliphatic rings. The average Bonchev–Trinajstić information content (AvgIpc) is 2.35. The maximum Gasteiger partial charge on any atom is 0.122 e. The van der Waals surface area contributed by atoms with Crippen LogP contribution in [0.5, 0.6) is 5.75 Å². The first-order valence-corrected chi connectivity index (χ1v) is 6.07. The van der Waals surface area contributed by atoms with Crippen LogP contribution in [-0.2, 0) is 6.42 Å². The first kappa shape index (κ1) is 13.0. The molecule has 0 fully saturated rings. The summed E-state index contributed by atoms with van der Waals surface area (Å²) in [5, 5.41) is 9.82. The highest BCUT2D eigenvalue weighted by Crippen LogP contribution is 2.19. The third-order valence-electron chi connectivity index (χ3n) is 3.06. The van der Waals surface area contributed by atoms with Gasteiger partial charge in [-0.2, -0.15) is 0 Å². The highest BCUT2D eigenvalue weighted by molar-refractivity contribution is 5.33. The molecule has 1 rings (SSSR count). The molecule has 2 atom stereocenters. The lowest BCUT2D eigenvalue weighted by Crippen LogP contribution is -2.25. The van der Waals surface area contributed by atoms with Crippen molar-refractivity contribution in [2.24, 2.45) is 5.92 Å². The van der Waals surface area contributed by atoms with Crippen LogP contribution in [0.25, 0.3) is 0 Å². The van der Waals surface area contributed by atoms with Gasteiger partial charge in [0.1, 0.15) is 12.4 Å². The van der Waals surface area contributed by atoms with Gasteiger partial charge in [-0.25, -0.2) is 0 Å². The number of rotatable bonds is 6. The Bertz CT molecular complexity index is 309. The summed E-state index contributed by atoms with van der Waals surface area (Å²) < 4.78 is 5.66. The van der Waals surface area contributed by atoms with E-state index in [9.17, 15) is 5.11 Å². The van der Waals surface area contributed by atoms with Crippen LogP contribution in [0.2, 0.25) is 0 Å². The summed E-state index contributed by atoms with van der Waals surface area (Å²) in [4.78, 5) is 0. The Morgan fingerprint density at radius 2 is 1.94 bits per heavy atom. The second-order valence-corrected chi connectivity index (χ2v) is 4.23. The van der Waals surface area contributed by atoms with Gasteiger partial charge in [-0.15, -0.1) is 0 Å². The smallest absolute Gasteiger partial charge is 0.122 e. The van der Waals surface area contributed by atoms with E-state index in [1.165, 1.54) is 5.56 Å². The predicted molar refractivity (Wildman–Crippen MR) is 66.8 cm³/mol. The topological polar surface area (TPSA) is 29.5 Å². The number of benzene rings is 1. The van der Waals surface area contributed by atoms with E-state index in [-0.39, 0.29) is 12.0 Å². The van der Waals surface area contributed by atoms with Gasteiger partial charge in [0.15, 0.2) is 0 Å². The highest BCUT2D eigenvalue weighted by Gasteiger charge is 2.13. The van der Waals surface area contributed by atoms with Gasteiger partial charge in [0, 0.05) is 0 Å². The number of hydrogen-bond acceptors (Lipinski definition) is 2. The van der Waals surface area contributed by atoms with E-state index < -0.39 is 0 Å². The van der Waals surface area contributed by atoms with Gasteiger partial charge < -0.3 is 9.84 Å². The Labute approximate surface area is 98.3 Å². The van der Waals surface area contributed by atoms with E-state index in [1.807, 2.05) is 25.1 Å². The number of aliphatic hydroxyl groups is 1. The molecule has 1 aromatic rings. The summed E-state index contributed by atoms with van der Waals surface area (Å²) >= 11 is 0. The monoisotopic (exact) mass is 222 g/mol. The van der Waals surface area contributed by atoms with Crippen molar-refractivity contribution >= 4 is 0 Å². The highest BCUT2D eigenvalue weighted by atomic mass is 16.5. The van der Waals surface area contributed by atoms with Crippen LogP contribution in [0, 0.1) is 5.92 Å². The van der Waals surface area contributed by atoms with E-state index in [0.29, 0.717) is 6.61 Å². The molecule has 0 radical (unpaired) electrons. The number of aryl methyl sites for hydroxylation is 1. The largest absolute Gasteiger partial charge is 0.491 e. The van der Waals surface area contributed by atoms with E-state index in [2.05, 4.69) is 19.9 Å². The van der Waals surface area contributed by atoms with Crippen molar-refractivity contribution in [1.29, 1.82) is 0 Å². The Morgan fingerprint density at radius 1 is 1.25 bits per heavy atom. The lowest BCUT2D eigenvalue weighted by Gasteiger charge is -2.18. The van der Waals surface area contributed by atoms with Crippen molar-refractivity contribution in [2.45, 2.75) is 39.7 Å². The Hall–Kier alpha value is -1.02. The molecule has 0 aliphatic carbocycles. The molecule has 0 bridgehead atoms. The van der Waals surface area contributed by atoms with Crippen molar-refractivity contribution in [3.63, 3.8) is 0 Å². The van der Waals surface area contributed by atoms with Crippen molar-refractivity contribution in [3.05, 3.63) is 29.8 Å². The molecule has 0 heterocycles. The molecule has 1 aromatic carbocycles. The zero-order valence-corrected chi connectivity index (χ0v) is 10.4. The second kappa shape index (κ2) is 6.54. The lowest BCUT2D eigenvalue weighted by molar-refractivity contribution is 0.0618. The van der Waals surface area contributed by atoms with Gasteiger partial charge in [0.05, 0.1) is 6.10 Å². The molecule has 0 spiro atoms. The maximum absolute atomic E-state index is 9.82. The molecular formula is C14H22O2. The molecule has 2 unspecified atom stereocenters. The first-order valence-electron chi connectivity index (χ1n) is 6.07. The lowest BCUT2D eigenvalue weighted by atomic mass is 10.0. The number of ether oxygens (including phenoxy) is 1. The molecule has 1 N–H and O–H groups in total. The van der Waals surface area contributed by atoms with E-state index in [1.54, 1.807) is 0 Å². The van der Waals surface area contributed by atoms with Crippen molar-refractivity contribution in [2.75, 3.05) is 6.61 Å². The standard InChI is InChI=1S/C14H22O2/c1-4-11(3)13(15)10-16-14-9-7-6-8-12(14)5-2/h6-9,11,13,15H,4-5,10H2,1-3H3. The molecule has 16 heavy (non-hydrogen) atoms. The minimum atomic E-state index is -0.380. The predicted octanol–water partition coefficient (Wildman–Crippen LogP) is 3.03. The van der Waals surface area contributed by atoms with Gasteiger partial charge in [-0.3, -0.25) is 0 Å². The molecule has 0 saturated heterocycles. The fourth-order valence-electron chi connectivity index (χ4n) is 1.55. The summed E-state index contributed by atoms with van der Waals surface area (Å²) in [6.45, 7) is 6.60. The van der Waals surface area contributed by atoms with Gasteiger partial charge in [-0.1, -0.05) is 45.4 Å². The number of hydrogen-bond donors (Lipinski definition) is 1. The van der Waals surface area contributed by atoms with Gasteiger partial charge in [0.2, 0.25) is 0 Å². The molecule has 90 valence electrons. The molecule has 2 heteroatoms. The summed E-state index contributed by atoms with van der Waals surface area (Å²) in [6.07, 6.45) is 1.55. The van der Waals surface area contributed by atoms with E-state index in [0.717, 1.165) is 18.6 Å².